The van der Waals surface area contributed by atoms with Crippen LogP contribution in [-0.2, 0) is 4.79 Å². The van der Waals surface area contributed by atoms with Crippen molar-refractivity contribution in [2.45, 2.75) is 26.8 Å². The molecule has 0 radical (unpaired) electrons. The normalized spacial score (nSPS) is 12.8. The standard InChI is InChI=1S/C8H15N5OS/c1-5(2)4-9-7(14)6(3)13-8(15)10-11-12-13/h5-6H,4H2,1-3H3,(H,9,14)(H,10,12,15). The van der Waals surface area contributed by atoms with Crippen molar-refractivity contribution in [2.24, 2.45) is 5.92 Å². The van der Waals surface area contributed by atoms with E-state index < -0.39 is 6.04 Å². The van der Waals surface area contributed by atoms with Crippen LogP contribution in [-0.4, -0.2) is 32.7 Å². The molecule has 0 spiro atoms. The van der Waals surface area contributed by atoms with Gasteiger partial charge in [0, 0.05) is 6.54 Å². The summed E-state index contributed by atoms with van der Waals surface area (Å²) < 4.78 is 1.73. The number of amides is 1. The highest BCUT2D eigenvalue weighted by molar-refractivity contribution is 7.71. The molecule has 0 aromatic carbocycles. The van der Waals surface area contributed by atoms with Crippen molar-refractivity contribution in [3.8, 4) is 0 Å². The van der Waals surface area contributed by atoms with Crippen molar-refractivity contribution in [1.82, 2.24) is 25.5 Å². The van der Waals surface area contributed by atoms with Crippen LogP contribution in [0, 0.1) is 10.7 Å². The molecule has 0 saturated carbocycles. The SMILES string of the molecule is CC(C)CNC(=O)C(C)n1[nH]nnc1=S. The zero-order valence-corrected chi connectivity index (χ0v) is 9.84. The average molecular weight is 229 g/mol. The summed E-state index contributed by atoms with van der Waals surface area (Å²) in [6.07, 6.45) is 0. The maximum atomic E-state index is 11.6. The molecule has 0 aliphatic rings. The summed E-state index contributed by atoms with van der Waals surface area (Å²) in [7, 11) is 0. The van der Waals surface area contributed by atoms with Gasteiger partial charge < -0.3 is 5.32 Å². The monoisotopic (exact) mass is 229 g/mol. The smallest absolute Gasteiger partial charge is 0.244 e. The third kappa shape index (κ3) is 3.12. The second-order valence-electron chi connectivity index (χ2n) is 3.77. The molecule has 6 nitrogen and oxygen atoms in total. The molecule has 1 atom stereocenters. The van der Waals surface area contributed by atoms with Crippen molar-refractivity contribution < 1.29 is 4.79 Å². The lowest BCUT2D eigenvalue weighted by molar-refractivity contribution is -0.124. The molecule has 1 amide bonds. The topological polar surface area (TPSA) is 75.6 Å². The fourth-order valence-corrected chi connectivity index (χ4v) is 1.27. The van der Waals surface area contributed by atoms with E-state index >= 15 is 0 Å². The van der Waals surface area contributed by atoms with Gasteiger partial charge in [-0.15, -0.1) is 0 Å². The minimum atomic E-state index is -0.411. The number of rotatable bonds is 4. The largest absolute Gasteiger partial charge is 0.354 e. The molecule has 7 heteroatoms. The van der Waals surface area contributed by atoms with Crippen LogP contribution in [0.3, 0.4) is 0 Å². The molecule has 0 fully saturated rings. The van der Waals surface area contributed by atoms with Crippen LogP contribution in [0.15, 0.2) is 0 Å². The number of carbonyl (C=O) groups excluding carboxylic acids is 1. The predicted octanol–water partition coefficient (Wildman–Crippen LogP) is 0.669. The van der Waals surface area contributed by atoms with Gasteiger partial charge in [-0.25, -0.2) is 4.68 Å². The van der Waals surface area contributed by atoms with Gasteiger partial charge in [0.1, 0.15) is 6.04 Å². The zero-order chi connectivity index (χ0) is 11.4. The van der Waals surface area contributed by atoms with Crippen LogP contribution in [0.25, 0.3) is 0 Å². The summed E-state index contributed by atoms with van der Waals surface area (Å²) in [6, 6.07) is -0.411. The van der Waals surface area contributed by atoms with E-state index in [4.69, 9.17) is 12.2 Å². The molecular formula is C8H15N5OS. The highest BCUT2D eigenvalue weighted by atomic mass is 32.1. The summed E-state index contributed by atoms with van der Waals surface area (Å²) in [6.45, 7) is 6.46. The highest BCUT2D eigenvalue weighted by Crippen LogP contribution is 2.02. The Morgan fingerprint density at radius 3 is 2.73 bits per heavy atom. The Balaban J connectivity index is 2.61. The zero-order valence-electron chi connectivity index (χ0n) is 9.02. The Morgan fingerprint density at radius 2 is 2.27 bits per heavy atom. The molecule has 1 aromatic heterocycles. The lowest BCUT2D eigenvalue weighted by atomic mass is 10.2. The average Bonchev–Trinajstić information content (AvgIpc) is 2.59. The fourth-order valence-electron chi connectivity index (χ4n) is 1.03. The van der Waals surface area contributed by atoms with Crippen LogP contribution in [0.5, 0.6) is 0 Å². The van der Waals surface area contributed by atoms with Crippen molar-refractivity contribution in [2.75, 3.05) is 6.54 Å². The van der Waals surface area contributed by atoms with Crippen LogP contribution in [0.1, 0.15) is 26.8 Å². The van der Waals surface area contributed by atoms with E-state index in [0.29, 0.717) is 12.5 Å². The maximum absolute atomic E-state index is 11.6. The Morgan fingerprint density at radius 1 is 1.60 bits per heavy atom. The number of H-pyrrole nitrogens is 1. The molecule has 0 aliphatic carbocycles. The summed E-state index contributed by atoms with van der Waals surface area (Å²) in [5, 5.41) is 12.5. The summed E-state index contributed by atoms with van der Waals surface area (Å²) in [5.41, 5.74) is 0. The molecule has 0 saturated heterocycles. The van der Waals surface area contributed by atoms with Gasteiger partial charge in [0.15, 0.2) is 0 Å². The summed E-state index contributed by atoms with van der Waals surface area (Å²) >= 11 is 4.89. The first kappa shape index (κ1) is 11.8. The van der Waals surface area contributed by atoms with E-state index in [9.17, 15) is 4.79 Å². The second-order valence-corrected chi connectivity index (χ2v) is 4.13. The van der Waals surface area contributed by atoms with E-state index in [1.807, 2.05) is 13.8 Å². The third-order valence-electron chi connectivity index (χ3n) is 1.95. The fraction of sp³-hybridized carbons (Fsp3) is 0.750. The van der Waals surface area contributed by atoms with Gasteiger partial charge in [0.05, 0.1) is 0 Å². The number of carbonyl (C=O) groups is 1. The molecule has 84 valence electrons. The predicted molar refractivity (Wildman–Crippen MR) is 57.8 cm³/mol. The number of aromatic nitrogens is 4. The van der Waals surface area contributed by atoms with Crippen molar-refractivity contribution in [3.05, 3.63) is 4.77 Å². The van der Waals surface area contributed by atoms with E-state index in [0.717, 1.165) is 0 Å². The molecule has 1 aromatic rings. The number of hydrogen-bond donors (Lipinski definition) is 2. The first-order chi connectivity index (χ1) is 7.02. The molecular weight excluding hydrogens is 214 g/mol. The Hall–Kier alpha value is -1.24. The third-order valence-corrected chi connectivity index (χ3v) is 2.22. The minimum Gasteiger partial charge on any atom is -0.354 e. The van der Waals surface area contributed by atoms with Gasteiger partial charge in [0.25, 0.3) is 0 Å². The minimum absolute atomic E-state index is 0.0918. The molecule has 1 rings (SSSR count). The van der Waals surface area contributed by atoms with Gasteiger partial charge in [-0.3, -0.25) is 4.79 Å². The van der Waals surface area contributed by atoms with E-state index in [2.05, 4.69) is 20.8 Å². The van der Waals surface area contributed by atoms with Crippen LogP contribution in [0.4, 0.5) is 0 Å². The van der Waals surface area contributed by atoms with E-state index in [1.54, 1.807) is 6.92 Å². The molecule has 1 unspecified atom stereocenters. The van der Waals surface area contributed by atoms with Crippen LogP contribution in [0.2, 0.25) is 0 Å². The first-order valence-electron chi connectivity index (χ1n) is 4.79. The number of nitrogens with one attached hydrogen (secondary N) is 2. The van der Waals surface area contributed by atoms with Crippen molar-refractivity contribution in [1.29, 1.82) is 0 Å². The number of tetrazole rings is 1. The van der Waals surface area contributed by atoms with Gasteiger partial charge in [-0.05, 0) is 25.1 Å². The summed E-state index contributed by atoms with van der Waals surface area (Å²) in [4.78, 5) is 11.6. The number of nitrogens with zero attached hydrogens (tertiary/aromatic N) is 3. The maximum Gasteiger partial charge on any atom is 0.244 e. The molecule has 15 heavy (non-hydrogen) atoms. The Labute approximate surface area is 93.0 Å². The number of hydrogen-bond acceptors (Lipinski definition) is 4. The lowest BCUT2D eigenvalue weighted by Crippen LogP contribution is -2.34. The summed E-state index contributed by atoms with van der Waals surface area (Å²) in [5.74, 6) is 0.333. The second kappa shape index (κ2) is 5.01. The van der Waals surface area contributed by atoms with Crippen molar-refractivity contribution in [3.63, 3.8) is 0 Å². The van der Waals surface area contributed by atoms with Crippen LogP contribution >= 0.6 is 12.2 Å². The highest BCUT2D eigenvalue weighted by Gasteiger charge is 2.16. The van der Waals surface area contributed by atoms with Gasteiger partial charge in [-0.2, -0.15) is 5.21 Å². The van der Waals surface area contributed by atoms with E-state index in [-0.39, 0.29) is 10.7 Å². The van der Waals surface area contributed by atoms with Crippen molar-refractivity contribution >= 4 is 18.1 Å². The van der Waals surface area contributed by atoms with Gasteiger partial charge >= 0.3 is 0 Å². The van der Waals surface area contributed by atoms with Gasteiger partial charge in [-0.1, -0.05) is 24.2 Å². The van der Waals surface area contributed by atoms with E-state index in [1.165, 1.54) is 4.68 Å². The molecule has 0 aliphatic heterocycles. The Kier molecular flexibility index (Phi) is 3.96. The Bertz CT molecular complexity index is 382. The van der Waals surface area contributed by atoms with Gasteiger partial charge in [0.2, 0.25) is 10.7 Å². The lowest BCUT2D eigenvalue weighted by Gasteiger charge is -2.13. The first-order valence-corrected chi connectivity index (χ1v) is 5.20. The van der Waals surface area contributed by atoms with Crippen LogP contribution < -0.4 is 5.32 Å². The number of aromatic amines is 1. The quantitative estimate of drug-likeness (QED) is 0.744. The molecule has 1 heterocycles. The molecule has 0 bridgehead atoms. The molecule has 2 N–H and O–H groups in total.